The Balaban J connectivity index is 1.05. The molecule has 0 spiro atoms. The van der Waals surface area contributed by atoms with Crippen LogP contribution in [0, 0.1) is 50.2 Å². The van der Waals surface area contributed by atoms with E-state index in [0.717, 1.165) is 51.4 Å². The SMILES string of the molecule is CC12CC(OC1=O)C1(C)CCC3(C)C(=CCC4C5(C)CCC(OC6OC(CO)C(O)C(O)C6OC6OC(C(=O)O)C(O)C(O)C6O)C(C)(C)C5CCC43C)C1C2. The summed E-state index contributed by atoms with van der Waals surface area (Å²) in [6.45, 7) is 15.7. The number of carbonyl (C=O) groups is 2. The molecular formula is C42H64O14. The molecule has 7 N–H and O–H groups in total. The summed E-state index contributed by atoms with van der Waals surface area (Å²) in [4.78, 5) is 24.9. The smallest absolute Gasteiger partial charge is 0.335 e. The fraction of sp³-hybridized carbons (Fsp3) is 0.905. The Morgan fingerprint density at radius 3 is 2.18 bits per heavy atom. The number of aliphatic hydroxyl groups excluding tert-OH is 6. The lowest BCUT2D eigenvalue weighted by Gasteiger charge is -2.71. The van der Waals surface area contributed by atoms with Gasteiger partial charge in [-0.05, 0) is 97.7 Å². The van der Waals surface area contributed by atoms with Crippen LogP contribution < -0.4 is 0 Å². The molecule has 0 aromatic rings. The molecule has 3 aliphatic heterocycles. The molecule has 4 saturated carbocycles. The third-order valence-corrected chi connectivity index (χ3v) is 17.8. The van der Waals surface area contributed by atoms with E-state index in [-0.39, 0.29) is 39.7 Å². The number of esters is 1. The summed E-state index contributed by atoms with van der Waals surface area (Å²) in [5.74, 6) is -0.686. The van der Waals surface area contributed by atoms with E-state index in [1.165, 1.54) is 0 Å². The number of carboxylic acid groups (broad SMARTS) is 1. The number of aliphatic hydroxyl groups is 6. The van der Waals surface area contributed by atoms with Gasteiger partial charge < -0.3 is 59.4 Å². The minimum atomic E-state index is -1.95. The summed E-state index contributed by atoms with van der Waals surface area (Å²) in [5.41, 5.74) is 0.604. The predicted molar refractivity (Wildman–Crippen MR) is 196 cm³/mol. The summed E-state index contributed by atoms with van der Waals surface area (Å²) in [7, 11) is 0. The molecule has 0 aromatic heterocycles. The molecular weight excluding hydrogens is 728 g/mol. The zero-order valence-corrected chi connectivity index (χ0v) is 33.8. The van der Waals surface area contributed by atoms with Gasteiger partial charge in [0.05, 0.1) is 18.1 Å². The fourth-order valence-corrected chi connectivity index (χ4v) is 14.1. The molecule has 0 aromatic carbocycles. The summed E-state index contributed by atoms with van der Waals surface area (Å²) >= 11 is 0. The number of carboxylic acids is 1. The first kappa shape index (κ1) is 41.0. The van der Waals surface area contributed by atoms with Gasteiger partial charge in [-0.3, -0.25) is 4.79 Å². The van der Waals surface area contributed by atoms with Gasteiger partial charge in [0.2, 0.25) is 0 Å². The van der Waals surface area contributed by atoms with E-state index < -0.39 is 90.9 Å². The fourth-order valence-electron chi connectivity index (χ4n) is 14.1. The molecule has 14 nitrogen and oxygen atoms in total. The van der Waals surface area contributed by atoms with Crippen molar-refractivity contribution in [2.45, 2.75) is 180 Å². The number of hydrogen-bond acceptors (Lipinski definition) is 13. The van der Waals surface area contributed by atoms with Crippen LogP contribution >= 0.6 is 0 Å². The lowest BCUT2D eigenvalue weighted by Crippen LogP contribution is -2.67. The monoisotopic (exact) mass is 792 g/mol. The van der Waals surface area contributed by atoms with E-state index in [2.05, 4.69) is 54.5 Å². The zero-order valence-electron chi connectivity index (χ0n) is 33.8. The highest BCUT2D eigenvalue weighted by molar-refractivity contribution is 5.79. The van der Waals surface area contributed by atoms with Crippen LogP contribution in [0.3, 0.4) is 0 Å². The minimum Gasteiger partial charge on any atom is -0.479 e. The van der Waals surface area contributed by atoms with Gasteiger partial charge in [-0.15, -0.1) is 0 Å². The third-order valence-electron chi connectivity index (χ3n) is 17.8. The Kier molecular flexibility index (Phi) is 9.81. The summed E-state index contributed by atoms with van der Waals surface area (Å²) < 4.78 is 30.1. The van der Waals surface area contributed by atoms with Gasteiger partial charge in [0.1, 0.15) is 48.8 Å². The zero-order chi connectivity index (χ0) is 40.7. The van der Waals surface area contributed by atoms with Crippen LogP contribution in [-0.4, -0.2) is 128 Å². The largest absolute Gasteiger partial charge is 0.479 e. The quantitative estimate of drug-likeness (QED) is 0.117. The van der Waals surface area contributed by atoms with Crippen molar-refractivity contribution in [2.75, 3.05) is 6.61 Å². The van der Waals surface area contributed by atoms with E-state index >= 15 is 0 Å². The topological polar surface area (TPSA) is 222 Å². The van der Waals surface area contributed by atoms with E-state index in [1.54, 1.807) is 5.57 Å². The van der Waals surface area contributed by atoms with Crippen LogP contribution in [-0.2, 0) is 33.3 Å². The van der Waals surface area contributed by atoms with Crippen molar-refractivity contribution >= 4 is 11.9 Å². The molecule has 2 bridgehead atoms. The van der Waals surface area contributed by atoms with Crippen LogP contribution in [0.1, 0.15) is 106 Å². The number of carbonyl (C=O) groups excluding carboxylic acids is 1. The van der Waals surface area contributed by atoms with Crippen molar-refractivity contribution < 1.29 is 69.0 Å². The molecule has 56 heavy (non-hydrogen) atoms. The van der Waals surface area contributed by atoms with Gasteiger partial charge in [-0.25, -0.2) is 4.79 Å². The summed E-state index contributed by atoms with van der Waals surface area (Å²) in [6.07, 6.45) is -6.72. The average Bonchev–Trinajstić information content (AvgIpc) is 3.40. The van der Waals surface area contributed by atoms with E-state index in [0.29, 0.717) is 18.3 Å². The Morgan fingerprint density at radius 1 is 0.786 bits per heavy atom. The highest BCUT2D eigenvalue weighted by Crippen LogP contribution is 2.76. The van der Waals surface area contributed by atoms with E-state index in [4.69, 9.17) is 23.7 Å². The number of ether oxygens (including phenoxy) is 5. The maximum absolute atomic E-state index is 13.1. The number of hydrogen-bond donors (Lipinski definition) is 7. The van der Waals surface area contributed by atoms with Crippen LogP contribution in [0.15, 0.2) is 11.6 Å². The van der Waals surface area contributed by atoms with Crippen molar-refractivity contribution in [1.82, 2.24) is 0 Å². The molecule has 20 unspecified atom stereocenters. The number of allylic oxidation sites excluding steroid dienone is 2. The van der Waals surface area contributed by atoms with Crippen molar-refractivity contribution in [3.8, 4) is 0 Å². The van der Waals surface area contributed by atoms with Gasteiger partial charge >= 0.3 is 11.9 Å². The first-order valence-electron chi connectivity index (χ1n) is 20.8. The molecule has 316 valence electrons. The van der Waals surface area contributed by atoms with Crippen molar-refractivity contribution in [1.29, 1.82) is 0 Å². The number of fused-ring (bicyclic) bond motifs is 10. The van der Waals surface area contributed by atoms with Gasteiger partial charge in [-0.1, -0.05) is 53.2 Å². The number of aliphatic carboxylic acids is 1. The van der Waals surface area contributed by atoms with Crippen LogP contribution in [0.25, 0.3) is 0 Å². The van der Waals surface area contributed by atoms with Crippen LogP contribution in [0.2, 0.25) is 0 Å². The van der Waals surface area contributed by atoms with Gasteiger partial charge in [0, 0.05) is 11.8 Å². The molecule has 20 atom stereocenters. The average molecular weight is 793 g/mol. The molecule has 3 saturated heterocycles. The second kappa shape index (κ2) is 13.4. The maximum atomic E-state index is 13.1. The highest BCUT2D eigenvalue weighted by Gasteiger charge is 2.71. The molecule has 0 amide bonds. The lowest BCUT2D eigenvalue weighted by atomic mass is 9.33. The van der Waals surface area contributed by atoms with Crippen molar-refractivity contribution in [2.24, 2.45) is 50.2 Å². The Labute approximate surface area is 328 Å². The molecule has 5 aliphatic carbocycles. The standard InChI is InChI=1S/C42H64O14/c1-37(2)22-10-13-42(7)23(9-8-19-20-16-38(3)17-25(54-36(38)51)39(20,4)14-15-41(19,42)6)40(22,5)12-11-24(37)53-35-32(28(46)26(44)21(18-43)52-35)56-34-30(48)27(45)29(47)31(55-34)33(49)50/h8,20-32,34-35,43-48H,9-18H2,1-7H3,(H,49,50). The Morgan fingerprint density at radius 2 is 1.50 bits per heavy atom. The molecule has 8 rings (SSSR count). The third kappa shape index (κ3) is 5.56. The lowest BCUT2D eigenvalue weighted by molar-refractivity contribution is -0.375. The molecule has 3 heterocycles. The first-order chi connectivity index (χ1) is 26.1. The molecule has 14 heteroatoms. The number of rotatable bonds is 6. The van der Waals surface area contributed by atoms with E-state index in [1.807, 2.05) is 0 Å². The van der Waals surface area contributed by atoms with Crippen LogP contribution in [0.5, 0.6) is 0 Å². The second-order valence-corrected chi connectivity index (χ2v) is 20.7. The Bertz CT molecular complexity index is 1620. The Hall–Kier alpha value is -1.72. The normalized spacial score (nSPS) is 56.1. The highest BCUT2D eigenvalue weighted by atomic mass is 16.8. The summed E-state index contributed by atoms with van der Waals surface area (Å²) in [6, 6.07) is 0. The molecule has 8 aliphatic rings. The summed E-state index contributed by atoms with van der Waals surface area (Å²) in [5, 5.41) is 73.1. The minimum absolute atomic E-state index is 0.0203. The van der Waals surface area contributed by atoms with E-state index in [9.17, 15) is 45.3 Å². The molecule has 0 radical (unpaired) electrons. The van der Waals surface area contributed by atoms with Crippen molar-refractivity contribution in [3.63, 3.8) is 0 Å². The molecule has 7 fully saturated rings. The first-order valence-corrected chi connectivity index (χ1v) is 20.8. The predicted octanol–water partition coefficient (Wildman–Crippen LogP) is 2.43. The van der Waals surface area contributed by atoms with Crippen LogP contribution in [0.4, 0.5) is 0 Å². The van der Waals surface area contributed by atoms with Gasteiger partial charge in [-0.2, -0.15) is 0 Å². The van der Waals surface area contributed by atoms with Gasteiger partial charge in [0.25, 0.3) is 0 Å². The maximum Gasteiger partial charge on any atom is 0.335 e. The second-order valence-electron chi connectivity index (χ2n) is 20.7. The van der Waals surface area contributed by atoms with Gasteiger partial charge in [0.15, 0.2) is 18.7 Å². The van der Waals surface area contributed by atoms with Crippen molar-refractivity contribution in [3.05, 3.63) is 11.6 Å².